The second kappa shape index (κ2) is 6.74. The molecule has 6 heteroatoms. The summed E-state index contributed by atoms with van der Waals surface area (Å²) in [6.45, 7) is 0.390. The fourth-order valence-electron chi connectivity index (χ4n) is 3.53. The predicted octanol–water partition coefficient (Wildman–Crippen LogP) is 4.23. The normalized spacial score (nSPS) is 15.9. The van der Waals surface area contributed by atoms with E-state index in [2.05, 4.69) is 10.3 Å². The molecule has 1 aliphatic heterocycles. The Morgan fingerprint density at radius 2 is 1.89 bits per heavy atom. The first-order chi connectivity index (χ1) is 13.8. The van der Waals surface area contributed by atoms with E-state index in [0.717, 1.165) is 22.7 Å². The highest BCUT2D eigenvalue weighted by Crippen LogP contribution is 2.34. The second-order valence-corrected chi connectivity index (χ2v) is 6.67. The third kappa shape index (κ3) is 2.85. The maximum Gasteiger partial charge on any atom is 0.258 e. The minimum Gasteiger partial charge on any atom is -0.467 e. The molecule has 0 saturated heterocycles. The number of benzene rings is 2. The highest BCUT2D eigenvalue weighted by atomic mass is 16.3. The maximum atomic E-state index is 13.2. The molecule has 3 heterocycles. The summed E-state index contributed by atoms with van der Waals surface area (Å²) < 4.78 is 7.44. The Labute approximate surface area is 162 Å². The van der Waals surface area contributed by atoms with Gasteiger partial charge in [0.25, 0.3) is 5.91 Å². The van der Waals surface area contributed by atoms with Crippen LogP contribution < -0.4 is 5.32 Å². The van der Waals surface area contributed by atoms with Gasteiger partial charge in [-0.25, -0.2) is 4.98 Å². The van der Waals surface area contributed by atoms with Crippen molar-refractivity contribution < 1.29 is 9.21 Å². The van der Waals surface area contributed by atoms with Gasteiger partial charge < -0.3 is 19.2 Å². The molecule has 1 unspecified atom stereocenters. The van der Waals surface area contributed by atoms with Gasteiger partial charge in [0.1, 0.15) is 11.9 Å². The number of hydrogen-bond acceptors (Lipinski definition) is 4. The number of aromatic nitrogens is 2. The van der Waals surface area contributed by atoms with Gasteiger partial charge in [0.15, 0.2) is 0 Å². The number of rotatable bonds is 4. The summed E-state index contributed by atoms with van der Waals surface area (Å²) in [4.78, 5) is 19.1. The van der Waals surface area contributed by atoms with Gasteiger partial charge in [-0.1, -0.05) is 24.3 Å². The Hall–Kier alpha value is -3.80. The summed E-state index contributed by atoms with van der Waals surface area (Å²) in [6.07, 6.45) is 6.75. The lowest BCUT2D eigenvalue weighted by Crippen LogP contribution is -2.42. The summed E-state index contributed by atoms with van der Waals surface area (Å²) >= 11 is 0. The van der Waals surface area contributed by atoms with Crippen LogP contribution in [0.4, 0.5) is 5.69 Å². The fourth-order valence-corrected chi connectivity index (χ4v) is 3.53. The molecule has 1 N–H and O–H groups in total. The van der Waals surface area contributed by atoms with Crippen LogP contribution in [-0.2, 0) is 6.54 Å². The third-order valence-electron chi connectivity index (χ3n) is 4.94. The van der Waals surface area contributed by atoms with Crippen LogP contribution in [0.25, 0.3) is 5.69 Å². The SMILES string of the molecule is O=C1c2ccccc2NC(c2ccc(-n3ccnc3)cc2)N1Cc1ccco1. The fraction of sp³-hybridized carbons (Fsp3) is 0.0909. The van der Waals surface area contributed by atoms with Gasteiger partial charge in [0, 0.05) is 23.8 Å². The van der Waals surface area contributed by atoms with Crippen LogP contribution in [0.5, 0.6) is 0 Å². The van der Waals surface area contributed by atoms with Crippen LogP contribution >= 0.6 is 0 Å². The lowest BCUT2D eigenvalue weighted by Gasteiger charge is -2.37. The van der Waals surface area contributed by atoms with Gasteiger partial charge in [-0.05, 0) is 42.0 Å². The molecule has 2 aromatic carbocycles. The summed E-state index contributed by atoms with van der Waals surface area (Å²) in [5.74, 6) is 0.726. The molecule has 6 nitrogen and oxygen atoms in total. The number of nitrogens with one attached hydrogen (secondary N) is 1. The molecule has 0 spiro atoms. The largest absolute Gasteiger partial charge is 0.467 e. The topological polar surface area (TPSA) is 63.3 Å². The Morgan fingerprint density at radius 1 is 1.04 bits per heavy atom. The standard InChI is InChI=1S/C22H18N4O2/c27-22-19-5-1-2-6-20(19)24-21(26(22)14-18-4-3-13-28-18)16-7-9-17(10-8-16)25-12-11-23-15-25/h1-13,15,21,24H,14H2. The molecule has 1 amide bonds. The van der Waals surface area contributed by atoms with Crippen molar-refractivity contribution in [3.63, 3.8) is 0 Å². The van der Waals surface area contributed by atoms with E-state index in [0.29, 0.717) is 12.1 Å². The van der Waals surface area contributed by atoms with Crippen LogP contribution in [0.2, 0.25) is 0 Å². The van der Waals surface area contributed by atoms with E-state index < -0.39 is 0 Å². The van der Waals surface area contributed by atoms with E-state index >= 15 is 0 Å². The number of carbonyl (C=O) groups excluding carboxylic acids is 1. The van der Waals surface area contributed by atoms with E-state index in [1.165, 1.54) is 0 Å². The quantitative estimate of drug-likeness (QED) is 0.584. The van der Waals surface area contributed by atoms with Gasteiger partial charge in [-0.2, -0.15) is 0 Å². The molecule has 1 aliphatic rings. The van der Waals surface area contributed by atoms with Crippen molar-refractivity contribution in [3.8, 4) is 5.69 Å². The van der Waals surface area contributed by atoms with Crippen molar-refractivity contribution in [2.24, 2.45) is 0 Å². The average Bonchev–Trinajstić information content (AvgIpc) is 3.44. The number of imidazole rings is 1. The molecule has 0 saturated carbocycles. The number of anilines is 1. The van der Waals surface area contributed by atoms with Gasteiger partial charge in [-0.3, -0.25) is 4.79 Å². The van der Waals surface area contributed by atoms with Crippen LogP contribution in [-0.4, -0.2) is 20.4 Å². The number of hydrogen-bond donors (Lipinski definition) is 1. The zero-order valence-corrected chi connectivity index (χ0v) is 15.0. The van der Waals surface area contributed by atoms with Crippen molar-refractivity contribution >= 4 is 11.6 Å². The van der Waals surface area contributed by atoms with Gasteiger partial charge in [0.2, 0.25) is 0 Å². The van der Waals surface area contributed by atoms with E-state index in [1.807, 2.05) is 71.4 Å². The number of para-hydroxylation sites is 1. The Balaban J connectivity index is 1.52. The molecule has 28 heavy (non-hydrogen) atoms. The smallest absolute Gasteiger partial charge is 0.258 e. The first kappa shape index (κ1) is 16.4. The third-order valence-corrected chi connectivity index (χ3v) is 4.94. The Kier molecular flexibility index (Phi) is 3.94. The molecule has 5 rings (SSSR count). The molecule has 4 aromatic rings. The molecular weight excluding hydrogens is 352 g/mol. The number of carbonyl (C=O) groups is 1. The summed E-state index contributed by atoms with van der Waals surface area (Å²) in [6, 6.07) is 19.4. The molecule has 0 aliphatic carbocycles. The van der Waals surface area contributed by atoms with Gasteiger partial charge in [-0.15, -0.1) is 0 Å². The van der Waals surface area contributed by atoms with E-state index in [1.54, 1.807) is 23.7 Å². The number of nitrogens with zero attached hydrogens (tertiary/aromatic N) is 3. The molecular formula is C22H18N4O2. The number of amides is 1. The summed E-state index contributed by atoms with van der Waals surface area (Å²) in [7, 11) is 0. The van der Waals surface area contributed by atoms with Crippen LogP contribution in [0, 0.1) is 0 Å². The second-order valence-electron chi connectivity index (χ2n) is 6.67. The first-order valence-electron chi connectivity index (χ1n) is 9.07. The van der Waals surface area contributed by atoms with Crippen molar-refractivity contribution in [1.82, 2.24) is 14.5 Å². The van der Waals surface area contributed by atoms with Crippen molar-refractivity contribution in [1.29, 1.82) is 0 Å². The number of fused-ring (bicyclic) bond motifs is 1. The van der Waals surface area contributed by atoms with E-state index in [-0.39, 0.29) is 12.1 Å². The van der Waals surface area contributed by atoms with Crippen LogP contribution in [0.15, 0.2) is 90.1 Å². The van der Waals surface area contributed by atoms with Crippen LogP contribution in [0.1, 0.15) is 27.8 Å². The zero-order valence-electron chi connectivity index (χ0n) is 15.0. The maximum absolute atomic E-state index is 13.2. The molecule has 0 radical (unpaired) electrons. The molecule has 0 fully saturated rings. The van der Waals surface area contributed by atoms with Crippen molar-refractivity contribution in [3.05, 3.63) is 103 Å². The summed E-state index contributed by atoms with van der Waals surface area (Å²) in [5, 5.41) is 3.50. The number of furan rings is 1. The lowest BCUT2D eigenvalue weighted by atomic mass is 10.0. The van der Waals surface area contributed by atoms with E-state index in [4.69, 9.17) is 4.42 Å². The minimum atomic E-state index is -0.288. The summed E-state index contributed by atoms with van der Waals surface area (Å²) in [5.41, 5.74) is 3.52. The Bertz CT molecular complexity index is 1090. The van der Waals surface area contributed by atoms with Gasteiger partial charge >= 0.3 is 0 Å². The lowest BCUT2D eigenvalue weighted by molar-refractivity contribution is 0.0651. The van der Waals surface area contributed by atoms with E-state index in [9.17, 15) is 4.79 Å². The average molecular weight is 370 g/mol. The molecule has 138 valence electrons. The monoisotopic (exact) mass is 370 g/mol. The highest BCUT2D eigenvalue weighted by molar-refractivity contribution is 6.01. The highest BCUT2D eigenvalue weighted by Gasteiger charge is 2.33. The van der Waals surface area contributed by atoms with Crippen LogP contribution in [0.3, 0.4) is 0 Å². The predicted molar refractivity (Wildman–Crippen MR) is 105 cm³/mol. The Morgan fingerprint density at radius 3 is 2.64 bits per heavy atom. The molecule has 0 bridgehead atoms. The molecule has 2 aromatic heterocycles. The molecule has 1 atom stereocenters. The first-order valence-corrected chi connectivity index (χ1v) is 9.07. The van der Waals surface area contributed by atoms with Gasteiger partial charge in [0.05, 0.1) is 24.7 Å². The van der Waals surface area contributed by atoms with Crippen molar-refractivity contribution in [2.75, 3.05) is 5.32 Å². The van der Waals surface area contributed by atoms with Crippen molar-refractivity contribution in [2.45, 2.75) is 12.7 Å². The zero-order chi connectivity index (χ0) is 18.9. The minimum absolute atomic E-state index is 0.0190.